The zero-order valence-corrected chi connectivity index (χ0v) is 12.6. The number of halogens is 2. The van der Waals surface area contributed by atoms with Gasteiger partial charge in [-0.2, -0.15) is 0 Å². The molecule has 3 aromatic rings. The topological polar surface area (TPSA) is 20.8 Å². The fourth-order valence-corrected chi connectivity index (χ4v) is 3.49. The Labute approximate surface area is 136 Å². The van der Waals surface area contributed by atoms with Gasteiger partial charge in [-0.25, -0.2) is 4.98 Å². The zero-order valence-electron chi connectivity index (χ0n) is 12.6. The summed E-state index contributed by atoms with van der Waals surface area (Å²) in [4.78, 5) is 4.70. The van der Waals surface area contributed by atoms with Crippen molar-refractivity contribution in [3.63, 3.8) is 0 Å². The maximum absolute atomic E-state index is 14.8. The molecule has 0 unspecified atom stereocenters. The van der Waals surface area contributed by atoms with Crippen molar-refractivity contribution < 1.29 is 13.1 Å². The predicted molar refractivity (Wildman–Crippen MR) is 91.0 cm³/mol. The summed E-state index contributed by atoms with van der Waals surface area (Å²) in [5.41, 5.74) is 3.26. The molecule has 2 aromatic heterocycles. The van der Waals surface area contributed by atoms with E-state index in [9.17, 15) is 8.63 Å². The van der Waals surface area contributed by atoms with Crippen molar-refractivity contribution in [3.05, 3.63) is 84.0 Å². The summed E-state index contributed by atoms with van der Waals surface area (Å²) in [6.45, 7) is -3.87. The molecule has 0 N–H and O–H groups in total. The molecule has 0 fully saturated rings. The summed E-state index contributed by atoms with van der Waals surface area (Å²) < 4.78 is 31.6. The number of benzene rings is 1. The van der Waals surface area contributed by atoms with E-state index in [1.54, 1.807) is 24.3 Å². The third-order valence-electron chi connectivity index (χ3n) is 4.59. The maximum Gasteiger partial charge on any atom is 0.737 e. The molecule has 24 heavy (non-hydrogen) atoms. The normalized spacial score (nSPS) is 17.8. The van der Waals surface area contributed by atoms with Gasteiger partial charge in [0.25, 0.3) is 0 Å². The van der Waals surface area contributed by atoms with Crippen molar-refractivity contribution in [2.45, 2.75) is 0 Å². The minimum atomic E-state index is -3.87. The highest BCUT2D eigenvalue weighted by Crippen LogP contribution is 2.37. The van der Waals surface area contributed by atoms with Crippen LogP contribution in [0.3, 0.4) is 0 Å². The van der Waals surface area contributed by atoms with Crippen LogP contribution in [0.4, 0.5) is 8.63 Å². The largest absolute Gasteiger partial charge is 0.737 e. The quantitative estimate of drug-likeness (QED) is 0.627. The number of aromatic nitrogens is 2. The van der Waals surface area contributed by atoms with Crippen molar-refractivity contribution >= 4 is 29.7 Å². The van der Waals surface area contributed by atoms with E-state index >= 15 is 0 Å². The van der Waals surface area contributed by atoms with E-state index < -0.39 is 6.97 Å². The first-order valence-corrected chi connectivity index (χ1v) is 7.76. The Balaban J connectivity index is 1.83. The molecule has 0 spiro atoms. The Bertz CT molecular complexity index is 1090. The number of para-hydroxylation sites is 1. The molecule has 0 aliphatic carbocycles. The molecule has 0 radical (unpaired) electrons. The Morgan fingerprint density at radius 3 is 2.79 bits per heavy atom. The fourth-order valence-electron chi connectivity index (χ4n) is 3.49. The molecule has 6 heteroatoms. The second-order valence-corrected chi connectivity index (χ2v) is 5.95. The molecule has 5 rings (SSSR count). The van der Waals surface area contributed by atoms with Gasteiger partial charge < -0.3 is 17.6 Å². The summed E-state index contributed by atoms with van der Waals surface area (Å²) in [6.07, 6.45) is 6.23. The van der Waals surface area contributed by atoms with Gasteiger partial charge in [0.2, 0.25) is 0 Å². The van der Waals surface area contributed by atoms with Crippen LogP contribution in [0.2, 0.25) is 0 Å². The monoisotopic (exact) mass is 319 g/mol. The van der Waals surface area contributed by atoms with Crippen molar-refractivity contribution in [2.75, 3.05) is 0 Å². The minimum absolute atomic E-state index is 0.494. The predicted octanol–water partition coefficient (Wildman–Crippen LogP) is 3.69. The van der Waals surface area contributed by atoms with E-state index in [0.29, 0.717) is 17.1 Å². The fraction of sp³-hybridized carbons (Fsp3) is 0. The molecule has 1 aromatic carbocycles. The van der Waals surface area contributed by atoms with E-state index in [1.807, 2.05) is 36.4 Å². The van der Waals surface area contributed by atoms with Crippen LogP contribution in [-0.2, 0) is 0 Å². The molecule has 4 heterocycles. The standard InChI is InChI=1S/C18H12BF2N3/c20-19(21)23-11-3-7-16(23)18(17-8-4-12-24(17)19)15-10-9-13-5-1-2-6-14(13)22-15/h1-12H. The van der Waals surface area contributed by atoms with Gasteiger partial charge in [0.05, 0.1) is 16.8 Å². The lowest BCUT2D eigenvalue weighted by molar-refractivity contribution is -0.356. The average molecular weight is 319 g/mol. The van der Waals surface area contributed by atoms with Crippen LogP contribution in [-0.4, -0.2) is 27.1 Å². The van der Waals surface area contributed by atoms with Crippen molar-refractivity contribution in [1.29, 1.82) is 0 Å². The third-order valence-corrected chi connectivity index (χ3v) is 4.59. The van der Waals surface area contributed by atoms with Crippen molar-refractivity contribution in [3.8, 4) is 0 Å². The molecule has 0 amide bonds. The lowest BCUT2D eigenvalue weighted by atomic mass is 9.88. The molecule has 0 atom stereocenters. The minimum Gasteiger partial charge on any atom is -0.396 e. The molecule has 0 saturated carbocycles. The van der Waals surface area contributed by atoms with Crippen LogP contribution in [0, 0.1) is 0 Å². The van der Waals surface area contributed by atoms with Gasteiger partial charge in [0.1, 0.15) is 6.21 Å². The molecule has 3 nitrogen and oxygen atoms in total. The zero-order chi connectivity index (χ0) is 16.3. The Morgan fingerprint density at radius 1 is 1.00 bits per heavy atom. The van der Waals surface area contributed by atoms with Gasteiger partial charge in [-0.3, -0.25) is 0 Å². The average Bonchev–Trinajstić information content (AvgIpc) is 3.25. The van der Waals surface area contributed by atoms with E-state index in [-0.39, 0.29) is 0 Å². The maximum atomic E-state index is 14.8. The smallest absolute Gasteiger partial charge is 0.396 e. The van der Waals surface area contributed by atoms with Crippen molar-refractivity contribution in [2.24, 2.45) is 0 Å². The third kappa shape index (κ3) is 1.65. The Morgan fingerprint density at radius 2 is 1.88 bits per heavy atom. The van der Waals surface area contributed by atoms with Crippen LogP contribution in [0.15, 0.2) is 72.6 Å². The van der Waals surface area contributed by atoms with E-state index in [1.165, 1.54) is 12.4 Å². The highest BCUT2D eigenvalue weighted by atomic mass is 19.2. The lowest BCUT2D eigenvalue weighted by Crippen LogP contribution is -2.49. The number of pyridine rings is 1. The number of hydrogen-bond acceptors (Lipinski definition) is 1. The first-order chi connectivity index (χ1) is 11.7. The highest BCUT2D eigenvalue weighted by Gasteiger charge is 2.51. The van der Waals surface area contributed by atoms with Gasteiger partial charge in [0.15, 0.2) is 5.70 Å². The lowest BCUT2D eigenvalue weighted by Gasteiger charge is -2.30. The van der Waals surface area contributed by atoms with Gasteiger partial charge in [-0.15, -0.1) is 0 Å². The summed E-state index contributed by atoms with van der Waals surface area (Å²) in [5.74, 6) is 0. The highest BCUT2D eigenvalue weighted by molar-refractivity contribution is 6.57. The van der Waals surface area contributed by atoms with Gasteiger partial charge in [0, 0.05) is 23.2 Å². The summed E-state index contributed by atoms with van der Waals surface area (Å²) in [5, 5.41) is 1.03. The van der Waals surface area contributed by atoms with Crippen LogP contribution in [0.5, 0.6) is 0 Å². The van der Waals surface area contributed by atoms with E-state index in [4.69, 9.17) is 4.98 Å². The molecule has 2 aliphatic rings. The molecular weight excluding hydrogens is 307 g/mol. The molecule has 116 valence electrons. The van der Waals surface area contributed by atoms with E-state index in [2.05, 4.69) is 0 Å². The van der Waals surface area contributed by atoms with Gasteiger partial charge in [-0.1, -0.05) is 24.3 Å². The van der Waals surface area contributed by atoms with Gasteiger partial charge in [-0.05, 0) is 30.5 Å². The van der Waals surface area contributed by atoms with Crippen LogP contribution in [0.1, 0.15) is 11.4 Å². The molecular formula is C18H12BF2N3. The Hall–Kier alpha value is -3.02. The molecule has 2 aliphatic heterocycles. The number of rotatable bonds is 1. The summed E-state index contributed by atoms with van der Waals surface area (Å²) in [7, 11) is 0. The first kappa shape index (κ1) is 13.4. The summed E-state index contributed by atoms with van der Waals surface area (Å²) >= 11 is 0. The molecule has 0 bridgehead atoms. The Kier molecular flexibility index (Phi) is 2.52. The van der Waals surface area contributed by atoms with E-state index in [0.717, 1.165) is 25.4 Å². The number of hydrogen-bond donors (Lipinski definition) is 0. The number of nitrogens with zero attached hydrogens (tertiary/aromatic N) is 3. The SMILES string of the molecule is F[B-]1(F)n2cccc2C(c2ccc3ccccc3n2)=C2C=CC=[N+]21. The molecule has 0 saturated heterocycles. The van der Waals surface area contributed by atoms with Gasteiger partial charge >= 0.3 is 6.97 Å². The van der Waals surface area contributed by atoms with Crippen LogP contribution >= 0.6 is 0 Å². The number of allylic oxidation sites excluding steroid dienone is 2. The van der Waals surface area contributed by atoms with Crippen molar-refractivity contribution in [1.82, 2.24) is 9.46 Å². The second kappa shape index (κ2) is 4.51. The van der Waals surface area contributed by atoms with Crippen LogP contribution < -0.4 is 0 Å². The second-order valence-electron chi connectivity index (χ2n) is 5.95. The first-order valence-electron chi connectivity index (χ1n) is 7.76. The summed E-state index contributed by atoms with van der Waals surface area (Å²) in [6, 6.07) is 15.0. The van der Waals surface area contributed by atoms with Crippen LogP contribution in [0.25, 0.3) is 16.5 Å². The number of fused-ring (bicyclic) bond motifs is 3.